The zero-order chi connectivity index (χ0) is 18.1. The zero-order valence-corrected chi connectivity index (χ0v) is 14.5. The van der Waals surface area contributed by atoms with Crippen molar-refractivity contribution in [3.8, 4) is 0 Å². The Morgan fingerprint density at radius 2 is 2.32 bits per heavy atom. The number of aromatic nitrogens is 1. The second kappa shape index (κ2) is 6.72. The molecule has 1 fully saturated rings. The van der Waals surface area contributed by atoms with Gasteiger partial charge < -0.3 is 21.0 Å². The molecule has 132 valence electrons. The summed E-state index contributed by atoms with van der Waals surface area (Å²) in [6.07, 6.45) is 2.85. The molecule has 3 heterocycles. The van der Waals surface area contributed by atoms with Crippen LogP contribution in [0.4, 0.5) is 5.13 Å². The summed E-state index contributed by atoms with van der Waals surface area (Å²) in [5.74, 6) is -1.85. The lowest BCUT2D eigenvalue weighted by Gasteiger charge is -2.48. The highest BCUT2D eigenvalue weighted by atomic mass is 32.2. The van der Waals surface area contributed by atoms with Gasteiger partial charge in [0.05, 0.1) is 4.88 Å². The minimum Gasteiger partial charge on any atom is -0.477 e. The Kier molecular flexibility index (Phi) is 4.63. The number of rotatable bonds is 5. The molecule has 1 aromatic rings. The number of amides is 2. The molecule has 2 aliphatic rings. The molecule has 3 rings (SSSR count). The minimum absolute atomic E-state index is 0.0576. The van der Waals surface area contributed by atoms with Crippen molar-refractivity contribution < 1.29 is 24.3 Å². The summed E-state index contributed by atoms with van der Waals surface area (Å²) in [5, 5.41) is 15.2. The fourth-order valence-corrected chi connectivity index (χ4v) is 4.29. The van der Waals surface area contributed by atoms with Gasteiger partial charge in [0.15, 0.2) is 10.8 Å². The third-order valence-corrected chi connectivity index (χ3v) is 5.52. The van der Waals surface area contributed by atoms with E-state index in [1.807, 2.05) is 0 Å². The van der Waals surface area contributed by atoms with Crippen LogP contribution < -0.4 is 11.1 Å². The number of β-lactam (4-membered cyclic amide) rings is 1. The fraction of sp³-hybridized carbons (Fsp3) is 0.308. The van der Waals surface area contributed by atoms with Crippen molar-refractivity contribution >= 4 is 51.7 Å². The normalized spacial score (nSPS) is 22.6. The third-order valence-electron chi connectivity index (χ3n) is 3.51. The number of aliphatic carboxylic acids is 1. The summed E-state index contributed by atoms with van der Waals surface area (Å²) in [6.45, 7) is 0. The van der Waals surface area contributed by atoms with Crippen LogP contribution in [0.1, 0.15) is 4.88 Å². The Balaban J connectivity index is 1.75. The quantitative estimate of drug-likeness (QED) is 0.348. The molecule has 0 saturated carbocycles. The molecule has 2 aliphatic heterocycles. The van der Waals surface area contributed by atoms with Crippen molar-refractivity contribution in [1.29, 1.82) is 0 Å². The second-order valence-electron chi connectivity index (χ2n) is 4.96. The number of thioether (sulfide) groups is 1. The standard InChI is InChI=1S/C13H13N5O5S2/c1-23-17-7(6-4-15-13(14)25-6)9(19)16-8-10(20)18-5(12(21)22)2-3-24-11(8)18/h2,4,8,11H,3H2,1H3,(H2,14,15)(H,16,19)(H,21,22)/b17-7-/t8-,11-/m1/s1. The summed E-state index contributed by atoms with van der Waals surface area (Å²) < 4.78 is 0. The van der Waals surface area contributed by atoms with E-state index in [0.717, 1.165) is 11.3 Å². The number of oxime groups is 1. The number of carbonyl (C=O) groups is 3. The number of nitrogens with two attached hydrogens (primary N) is 1. The number of carboxylic acid groups (broad SMARTS) is 1. The van der Waals surface area contributed by atoms with Crippen LogP contribution in [-0.4, -0.2) is 62.8 Å². The van der Waals surface area contributed by atoms with Crippen molar-refractivity contribution in [2.45, 2.75) is 11.4 Å². The van der Waals surface area contributed by atoms with Crippen LogP contribution >= 0.6 is 23.1 Å². The molecule has 2 atom stereocenters. The average molecular weight is 383 g/mol. The maximum Gasteiger partial charge on any atom is 0.352 e. The van der Waals surface area contributed by atoms with Crippen molar-refractivity contribution in [1.82, 2.24) is 15.2 Å². The lowest BCUT2D eigenvalue weighted by Crippen LogP contribution is -2.70. The van der Waals surface area contributed by atoms with Gasteiger partial charge in [-0.05, 0) is 6.08 Å². The number of hydrogen-bond acceptors (Lipinski definition) is 9. The Hall–Kier alpha value is -2.60. The summed E-state index contributed by atoms with van der Waals surface area (Å²) >= 11 is 2.42. The second-order valence-corrected chi connectivity index (χ2v) is 7.17. The first-order valence-electron chi connectivity index (χ1n) is 6.96. The number of hydrogen-bond donors (Lipinski definition) is 3. The Bertz CT molecular complexity index is 804. The van der Waals surface area contributed by atoms with Gasteiger partial charge in [0.2, 0.25) is 0 Å². The molecule has 4 N–H and O–H groups in total. The van der Waals surface area contributed by atoms with Crippen molar-refractivity contribution in [2.24, 2.45) is 5.16 Å². The van der Waals surface area contributed by atoms with E-state index >= 15 is 0 Å². The Morgan fingerprint density at radius 1 is 1.56 bits per heavy atom. The van der Waals surface area contributed by atoms with Crippen LogP contribution in [0.25, 0.3) is 0 Å². The van der Waals surface area contributed by atoms with Gasteiger partial charge in [-0.25, -0.2) is 9.78 Å². The molecule has 0 unspecified atom stereocenters. The molecule has 0 bridgehead atoms. The topological polar surface area (TPSA) is 147 Å². The third kappa shape index (κ3) is 3.05. The number of carboxylic acids is 1. The van der Waals surface area contributed by atoms with Crippen molar-refractivity contribution in [3.05, 3.63) is 22.8 Å². The van der Waals surface area contributed by atoms with E-state index in [9.17, 15) is 14.4 Å². The van der Waals surface area contributed by atoms with E-state index in [1.54, 1.807) is 0 Å². The molecule has 0 spiro atoms. The van der Waals surface area contributed by atoms with Crippen LogP contribution in [0.5, 0.6) is 0 Å². The van der Waals surface area contributed by atoms with Gasteiger partial charge >= 0.3 is 5.97 Å². The predicted molar refractivity (Wildman–Crippen MR) is 90.8 cm³/mol. The van der Waals surface area contributed by atoms with E-state index in [2.05, 4.69) is 20.3 Å². The molecule has 25 heavy (non-hydrogen) atoms. The van der Waals surface area contributed by atoms with Gasteiger partial charge in [0.1, 0.15) is 24.2 Å². The molecular formula is C13H13N5O5S2. The smallest absolute Gasteiger partial charge is 0.352 e. The SMILES string of the molecule is CO/N=C(\C(=O)N[C@@H]1C(=O)N2C(C(=O)O)=CCS[C@H]12)c1cnc(N)s1. The zero-order valence-electron chi connectivity index (χ0n) is 12.8. The van der Waals surface area contributed by atoms with E-state index in [1.165, 1.54) is 36.0 Å². The van der Waals surface area contributed by atoms with Crippen molar-refractivity contribution in [2.75, 3.05) is 18.6 Å². The Labute approximate surface area is 149 Å². The number of nitrogens with one attached hydrogen (secondary N) is 1. The van der Waals surface area contributed by atoms with Crippen LogP contribution in [-0.2, 0) is 19.2 Å². The van der Waals surface area contributed by atoms with Crippen LogP contribution in [0.2, 0.25) is 0 Å². The van der Waals surface area contributed by atoms with Gasteiger partial charge in [-0.1, -0.05) is 16.5 Å². The number of nitrogen functional groups attached to an aromatic ring is 1. The molecule has 12 heteroatoms. The van der Waals surface area contributed by atoms with Gasteiger partial charge in [-0.15, -0.1) is 11.8 Å². The maximum atomic E-state index is 12.5. The van der Waals surface area contributed by atoms with Crippen molar-refractivity contribution in [3.63, 3.8) is 0 Å². The first kappa shape index (κ1) is 17.2. The van der Waals surface area contributed by atoms with E-state index in [4.69, 9.17) is 10.8 Å². The lowest BCUT2D eigenvalue weighted by atomic mass is 10.0. The molecule has 2 amide bonds. The minimum atomic E-state index is -1.18. The lowest BCUT2D eigenvalue weighted by molar-refractivity contribution is -0.150. The summed E-state index contributed by atoms with van der Waals surface area (Å²) in [4.78, 5) is 46.0. The first-order chi connectivity index (χ1) is 11.9. The number of thiazole rings is 1. The molecule has 0 aromatic carbocycles. The maximum absolute atomic E-state index is 12.5. The molecule has 0 radical (unpaired) electrons. The molecule has 10 nitrogen and oxygen atoms in total. The number of fused-ring (bicyclic) bond motifs is 1. The van der Waals surface area contributed by atoms with Gasteiger partial charge in [-0.3, -0.25) is 14.5 Å². The highest BCUT2D eigenvalue weighted by Crippen LogP contribution is 2.37. The highest BCUT2D eigenvalue weighted by Gasteiger charge is 2.53. The molecular weight excluding hydrogens is 370 g/mol. The van der Waals surface area contributed by atoms with E-state index in [-0.39, 0.29) is 16.5 Å². The average Bonchev–Trinajstić information content (AvgIpc) is 3.02. The summed E-state index contributed by atoms with van der Waals surface area (Å²) in [5.41, 5.74) is 5.43. The van der Waals surface area contributed by atoms with Crippen LogP contribution in [0, 0.1) is 0 Å². The van der Waals surface area contributed by atoms with Gasteiger partial charge in [0.25, 0.3) is 11.8 Å². The predicted octanol–water partition coefficient (Wildman–Crippen LogP) is -0.556. The van der Waals surface area contributed by atoms with Gasteiger partial charge in [-0.2, -0.15) is 0 Å². The summed E-state index contributed by atoms with van der Waals surface area (Å²) in [7, 11) is 1.29. The van der Waals surface area contributed by atoms with Crippen LogP contribution in [0.15, 0.2) is 23.1 Å². The highest BCUT2D eigenvalue weighted by molar-refractivity contribution is 8.00. The number of nitrogens with zero attached hydrogens (tertiary/aromatic N) is 3. The van der Waals surface area contributed by atoms with E-state index < -0.39 is 29.2 Å². The molecule has 1 aromatic heterocycles. The molecule has 1 saturated heterocycles. The van der Waals surface area contributed by atoms with E-state index in [0.29, 0.717) is 10.6 Å². The first-order valence-corrected chi connectivity index (χ1v) is 8.82. The number of anilines is 1. The monoisotopic (exact) mass is 383 g/mol. The number of carbonyl (C=O) groups excluding carboxylic acids is 2. The summed E-state index contributed by atoms with van der Waals surface area (Å²) in [6, 6.07) is -0.840. The fourth-order valence-electron chi connectivity index (χ4n) is 2.43. The largest absolute Gasteiger partial charge is 0.477 e. The Morgan fingerprint density at radius 3 is 2.92 bits per heavy atom. The molecule has 0 aliphatic carbocycles. The van der Waals surface area contributed by atoms with Crippen LogP contribution in [0.3, 0.4) is 0 Å². The van der Waals surface area contributed by atoms with Gasteiger partial charge in [0, 0.05) is 11.9 Å².